The number of aryl methyl sites for hydroxylation is 1. The highest BCUT2D eigenvalue weighted by Gasteiger charge is 2.44. The first-order valence-electron chi connectivity index (χ1n) is 8.72. The lowest BCUT2D eigenvalue weighted by Gasteiger charge is -2.31. The number of ether oxygens (including phenoxy) is 1. The van der Waals surface area contributed by atoms with Gasteiger partial charge in [-0.3, -0.25) is 0 Å². The van der Waals surface area contributed by atoms with Gasteiger partial charge in [0.15, 0.2) is 0 Å². The summed E-state index contributed by atoms with van der Waals surface area (Å²) in [4.78, 5) is 4.40. The van der Waals surface area contributed by atoms with Crippen LogP contribution in [0.5, 0.6) is 5.88 Å². The molecule has 1 aromatic rings. The number of pyridine rings is 1. The lowest BCUT2D eigenvalue weighted by atomic mass is 9.79. The zero-order chi connectivity index (χ0) is 16.4. The first-order valence-corrected chi connectivity index (χ1v) is 8.72. The summed E-state index contributed by atoms with van der Waals surface area (Å²) in [6.07, 6.45) is 8.57. The second-order valence-electron chi connectivity index (χ2n) is 7.01. The number of aromatic nitrogens is 1. The fourth-order valence-electron chi connectivity index (χ4n) is 3.83. The molecule has 2 atom stereocenters. The van der Waals surface area contributed by atoms with Crippen LogP contribution in [-0.4, -0.2) is 34.0 Å². The summed E-state index contributed by atoms with van der Waals surface area (Å²) in [5.41, 5.74) is 3.35. The van der Waals surface area contributed by atoms with Crippen LogP contribution in [0.4, 0.5) is 0 Å². The Bertz CT molecular complexity index is 586. The van der Waals surface area contributed by atoms with Gasteiger partial charge in [0.05, 0.1) is 18.8 Å². The molecule has 2 N–H and O–H groups in total. The van der Waals surface area contributed by atoms with Gasteiger partial charge >= 0.3 is 0 Å². The van der Waals surface area contributed by atoms with Gasteiger partial charge in [0, 0.05) is 17.7 Å². The molecule has 1 saturated carbocycles. The van der Waals surface area contributed by atoms with Crippen LogP contribution in [0.3, 0.4) is 0 Å². The molecule has 126 valence electrons. The molecule has 0 amide bonds. The van der Waals surface area contributed by atoms with Gasteiger partial charge in [-0.1, -0.05) is 13.0 Å². The molecule has 0 aliphatic heterocycles. The number of nitrogens with zero attached hydrogens (tertiary/aromatic N) is 1. The third kappa shape index (κ3) is 3.15. The molecular formula is C19H27NO3. The maximum Gasteiger partial charge on any atom is 0.213 e. The Hall–Kier alpha value is -1.39. The van der Waals surface area contributed by atoms with Crippen LogP contribution in [-0.2, 0) is 6.42 Å². The van der Waals surface area contributed by atoms with E-state index in [1.165, 1.54) is 16.7 Å². The van der Waals surface area contributed by atoms with E-state index in [9.17, 15) is 10.2 Å². The van der Waals surface area contributed by atoms with Gasteiger partial charge in [-0.05, 0) is 62.1 Å². The van der Waals surface area contributed by atoms with Crippen molar-refractivity contribution >= 4 is 5.57 Å². The van der Waals surface area contributed by atoms with Crippen LogP contribution in [0.2, 0.25) is 0 Å². The number of hydrogen-bond acceptors (Lipinski definition) is 4. The average molecular weight is 317 g/mol. The highest BCUT2D eigenvalue weighted by Crippen LogP contribution is 2.43. The highest BCUT2D eigenvalue weighted by molar-refractivity contribution is 5.69. The van der Waals surface area contributed by atoms with Crippen molar-refractivity contribution in [2.45, 2.75) is 64.6 Å². The standard InChI is InChI=1S/C19H27NO3/c1-3-23-18-11-14-6-4-5-13(15(14)12-20-18)9-10-19(2)16(21)7-8-17(19)22/h9,11-12,16-17,21-22H,3-8,10H2,1-2H3. The summed E-state index contributed by atoms with van der Waals surface area (Å²) < 4.78 is 5.50. The van der Waals surface area contributed by atoms with Crippen molar-refractivity contribution in [2.75, 3.05) is 6.61 Å². The summed E-state index contributed by atoms with van der Waals surface area (Å²) in [5.74, 6) is 0.695. The average Bonchev–Trinajstić information content (AvgIpc) is 2.81. The minimum Gasteiger partial charge on any atom is -0.478 e. The van der Waals surface area contributed by atoms with E-state index in [1.807, 2.05) is 26.1 Å². The molecule has 0 aromatic carbocycles. The lowest BCUT2D eigenvalue weighted by Crippen LogP contribution is -2.35. The van der Waals surface area contributed by atoms with E-state index in [0.717, 1.165) is 19.3 Å². The number of fused-ring (bicyclic) bond motifs is 1. The van der Waals surface area contributed by atoms with Crippen LogP contribution in [0.1, 0.15) is 57.1 Å². The van der Waals surface area contributed by atoms with Crippen LogP contribution < -0.4 is 4.74 Å². The molecule has 2 aliphatic rings. The molecule has 0 saturated heterocycles. The number of allylic oxidation sites excluding steroid dienone is 2. The van der Waals surface area contributed by atoms with Gasteiger partial charge in [-0.2, -0.15) is 0 Å². The highest BCUT2D eigenvalue weighted by atomic mass is 16.5. The van der Waals surface area contributed by atoms with Crippen molar-refractivity contribution in [3.63, 3.8) is 0 Å². The maximum absolute atomic E-state index is 10.2. The second-order valence-corrected chi connectivity index (χ2v) is 7.01. The molecule has 1 aromatic heterocycles. The summed E-state index contributed by atoms with van der Waals surface area (Å²) in [5, 5.41) is 20.4. The van der Waals surface area contributed by atoms with E-state index in [0.29, 0.717) is 31.7 Å². The zero-order valence-electron chi connectivity index (χ0n) is 14.1. The zero-order valence-corrected chi connectivity index (χ0v) is 14.1. The smallest absolute Gasteiger partial charge is 0.213 e. The first-order chi connectivity index (χ1) is 11.0. The number of aliphatic hydroxyl groups is 2. The van der Waals surface area contributed by atoms with E-state index in [1.54, 1.807) is 0 Å². The molecule has 0 radical (unpaired) electrons. The molecule has 23 heavy (non-hydrogen) atoms. The lowest BCUT2D eigenvalue weighted by molar-refractivity contribution is -0.00822. The molecule has 2 unspecified atom stereocenters. The predicted molar refractivity (Wildman–Crippen MR) is 90.3 cm³/mol. The number of rotatable bonds is 4. The summed E-state index contributed by atoms with van der Waals surface area (Å²) >= 11 is 0. The Morgan fingerprint density at radius 3 is 2.74 bits per heavy atom. The predicted octanol–water partition coefficient (Wildman–Crippen LogP) is 3.11. The minimum atomic E-state index is -0.427. The van der Waals surface area contributed by atoms with Gasteiger partial charge in [0.1, 0.15) is 0 Å². The van der Waals surface area contributed by atoms with Gasteiger partial charge in [-0.25, -0.2) is 4.98 Å². The maximum atomic E-state index is 10.2. The Labute approximate surface area is 138 Å². The van der Waals surface area contributed by atoms with Gasteiger partial charge in [-0.15, -0.1) is 0 Å². The Morgan fingerprint density at radius 1 is 1.30 bits per heavy atom. The van der Waals surface area contributed by atoms with Gasteiger partial charge in [0.25, 0.3) is 0 Å². The van der Waals surface area contributed by atoms with Crippen molar-refractivity contribution < 1.29 is 14.9 Å². The Morgan fingerprint density at radius 2 is 2.04 bits per heavy atom. The van der Waals surface area contributed by atoms with Crippen molar-refractivity contribution in [1.82, 2.24) is 4.98 Å². The fraction of sp³-hybridized carbons (Fsp3) is 0.632. The monoisotopic (exact) mass is 317 g/mol. The molecular weight excluding hydrogens is 290 g/mol. The van der Waals surface area contributed by atoms with Crippen molar-refractivity contribution in [3.8, 4) is 5.88 Å². The molecule has 0 bridgehead atoms. The summed E-state index contributed by atoms with van der Waals surface area (Å²) in [7, 11) is 0. The molecule has 4 nitrogen and oxygen atoms in total. The molecule has 4 heteroatoms. The van der Waals surface area contributed by atoms with E-state index in [4.69, 9.17) is 4.74 Å². The SMILES string of the molecule is CCOc1cc2c(cn1)C(=CCC1(C)C(O)CCC1O)CCC2. The second kappa shape index (κ2) is 6.62. The number of hydrogen-bond donors (Lipinski definition) is 2. The minimum absolute atomic E-state index is 0.420. The van der Waals surface area contributed by atoms with Crippen molar-refractivity contribution in [3.05, 3.63) is 29.5 Å². The summed E-state index contributed by atoms with van der Waals surface area (Å²) in [6.45, 7) is 4.58. The molecule has 1 heterocycles. The van der Waals surface area contributed by atoms with Gasteiger partial charge in [0.2, 0.25) is 5.88 Å². The van der Waals surface area contributed by atoms with Crippen LogP contribution >= 0.6 is 0 Å². The number of aliphatic hydroxyl groups excluding tert-OH is 2. The molecule has 0 spiro atoms. The van der Waals surface area contributed by atoms with Gasteiger partial charge < -0.3 is 14.9 Å². The van der Waals surface area contributed by atoms with Crippen LogP contribution in [0, 0.1) is 5.41 Å². The van der Waals surface area contributed by atoms with Crippen LogP contribution in [0.15, 0.2) is 18.3 Å². The van der Waals surface area contributed by atoms with Crippen LogP contribution in [0.25, 0.3) is 5.57 Å². The first kappa shape index (κ1) is 16.5. The largest absolute Gasteiger partial charge is 0.478 e. The van der Waals surface area contributed by atoms with E-state index in [-0.39, 0.29) is 0 Å². The Kier molecular flexibility index (Phi) is 4.74. The molecule has 2 aliphatic carbocycles. The molecule has 1 fully saturated rings. The van der Waals surface area contributed by atoms with Crippen molar-refractivity contribution in [1.29, 1.82) is 0 Å². The van der Waals surface area contributed by atoms with E-state index in [2.05, 4.69) is 11.1 Å². The summed E-state index contributed by atoms with van der Waals surface area (Å²) in [6, 6.07) is 2.05. The van der Waals surface area contributed by atoms with E-state index < -0.39 is 17.6 Å². The normalized spacial score (nSPS) is 32.1. The Balaban J connectivity index is 1.82. The fourth-order valence-corrected chi connectivity index (χ4v) is 3.83. The quantitative estimate of drug-likeness (QED) is 0.895. The molecule has 3 rings (SSSR count). The third-order valence-corrected chi connectivity index (χ3v) is 5.52. The topological polar surface area (TPSA) is 62.6 Å². The van der Waals surface area contributed by atoms with Crippen molar-refractivity contribution in [2.24, 2.45) is 5.41 Å². The van der Waals surface area contributed by atoms with E-state index >= 15 is 0 Å². The third-order valence-electron chi connectivity index (χ3n) is 5.52.